The molecule has 0 aliphatic carbocycles. The van der Waals surface area contributed by atoms with E-state index in [1.54, 1.807) is 0 Å². The maximum atomic E-state index is 4.90. The molecule has 2 saturated heterocycles. The lowest BCUT2D eigenvalue weighted by atomic mass is 10.0. The van der Waals surface area contributed by atoms with Crippen molar-refractivity contribution in [2.75, 3.05) is 56.5 Å². The third-order valence-electron chi connectivity index (χ3n) is 6.76. The highest BCUT2D eigenvalue weighted by molar-refractivity contribution is 5.69. The number of hydrogen-bond donors (Lipinski definition) is 2. The first-order chi connectivity index (χ1) is 16.6. The molecule has 5 rings (SSSR count). The van der Waals surface area contributed by atoms with Crippen LogP contribution >= 0.6 is 0 Å². The zero-order valence-corrected chi connectivity index (χ0v) is 20.1. The van der Waals surface area contributed by atoms with Crippen LogP contribution in [-0.4, -0.2) is 82.3 Å². The van der Waals surface area contributed by atoms with Gasteiger partial charge >= 0.3 is 0 Å². The van der Waals surface area contributed by atoms with Crippen LogP contribution in [0.25, 0.3) is 12.2 Å². The molecule has 1 aromatic carbocycles. The molecule has 2 aliphatic heterocycles. The summed E-state index contributed by atoms with van der Waals surface area (Å²) in [5.41, 5.74) is 2.13. The molecule has 0 unspecified atom stereocenters. The van der Waals surface area contributed by atoms with Gasteiger partial charge < -0.3 is 15.1 Å². The molecular formula is C26H34N8. The Bertz CT molecular complexity index is 1090. The minimum Gasteiger partial charge on any atom is -0.354 e. The van der Waals surface area contributed by atoms with Crippen molar-refractivity contribution in [3.8, 4) is 0 Å². The van der Waals surface area contributed by atoms with Crippen molar-refractivity contribution in [3.63, 3.8) is 0 Å². The van der Waals surface area contributed by atoms with E-state index in [0.29, 0.717) is 11.9 Å². The average Bonchev–Trinajstić information content (AvgIpc) is 3.28. The third kappa shape index (κ3) is 5.63. The molecule has 0 spiro atoms. The van der Waals surface area contributed by atoms with Crippen LogP contribution in [0.2, 0.25) is 0 Å². The molecule has 4 heterocycles. The summed E-state index contributed by atoms with van der Waals surface area (Å²) in [6, 6.07) is 15.0. The van der Waals surface area contributed by atoms with Crippen LogP contribution in [0.4, 0.5) is 17.5 Å². The molecule has 34 heavy (non-hydrogen) atoms. The van der Waals surface area contributed by atoms with E-state index in [4.69, 9.17) is 9.97 Å². The molecule has 8 nitrogen and oxygen atoms in total. The van der Waals surface area contributed by atoms with Crippen LogP contribution < -0.4 is 10.2 Å². The molecule has 2 N–H and O–H groups in total. The lowest BCUT2D eigenvalue weighted by molar-refractivity contribution is 0.115. The van der Waals surface area contributed by atoms with E-state index in [-0.39, 0.29) is 0 Å². The second kappa shape index (κ2) is 10.4. The first-order valence-corrected chi connectivity index (χ1v) is 12.2. The third-order valence-corrected chi connectivity index (χ3v) is 6.76. The fourth-order valence-corrected chi connectivity index (χ4v) is 4.78. The van der Waals surface area contributed by atoms with Crippen molar-refractivity contribution < 1.29 is 0 Å². The summed E-state index contributed by atoms with van der Waals surface area (Å²) in [5, 5.41) is 10.6. The standard InChI is InChI=1S/C26H34N8/c1-20-18-25(31-30-20)28-24-19-26(29-23(27-24)9-8-21-6-4-3-5-7-21)34-16-14-33(15-17-34)22-10-12-32(2)13-11-22/h3-9,18-19,22H,10-17H2,1-2H3,(H2,27,28,29,30,31). The lowest BCUT2D eigenvalue weighted by Gasteiger charge is -2.42. The smallest absolute Gasteiger partial charge is 0.156 e. The van der Waals surface area contributed by atoms with Crippen molar-refractivity contribution in [2.24, 2.45) is 0 Å². The predicted octanol–water partition coefficient (Wildman–Crippen LogP) is 3.64. The van der Waals surface area contributed by atoms with E-state index in [1.165, 1.54) is 25.9 Å². The van der Waals surface area contributed by atoms with Crippen molar-refractivity contribution in [2.45, 2.75) is 25.8 Å². The Kier molecular flexibility index (Phi) is 6.87. The summed E-state index contributed by atoms with van der Waals surface area (Å²) in [5.74, 6) is 3.16. The Balaban J connectivity index is 1.33. The van der Waals surface area contributed by atoms with Gasteiger partial charge in [-0.2, -0.15) is 5.10 Å². The zero-order valence-electron chi connectivity index (χ0n) is 20.1. The van der Waals surface area contributed by atoms with Crippen molar-refractivity contribution in [1.29, 1.82) is 0 Å². The minimum absolute atomic E-state index is 0.689. The second-order valence-corrected chi connectivity index (χ2v) is 9.33. The number of aromatic nitrogens is 4. The van der Waals surface area contributed by atoms with Crippen molar-refractivity contribution >= 4 is 29.6 Å². The van der Waals surface area contributed by atoms with E-state index in [9.17, 15) is 0 Å². The summed E-state index contributed by atoms with van der Waals surface area (Å²) >= 11 is 0. The van der Waals surface area contributed by atoms with E-state index < -0.39 is 0 Å². The normalized spacial score (nSPS) is 18.6. The van der Waals surface area contributed by atoms with Gasteiger partial charge in [0, 0.05) is 50.0 Å². The van der Waals surface area contributed by atoms with Gasteiger partial charge in [-0.3, -0.25) is 10.00 Å². The minimum atomic E-state index is 0.689. The predicted molar refractivity (Wildman–Crippen MR) is 138 cm³/mol. The fourth-order valence-electron chi connectivity index (χ4n) is 4.78. The molecule has 2 aromatic heterocycles. The molecule has 2 aliphatic rings. The Morgan fingerprint density at radius 1 is 0.912 bits per heavy atom. The van der Waals surface area contributed by atoms with Gasteiger partial charge in [0.15, 0.2) is 11.6 Å². The molecule has 0 saturated carbocycles. The molecule has 0 radical (unpaired) electrons. The molecule has 178 valence electrons. The summed E-state index contributed by atoms with van der Waals surface area (Å²) in [4.78, 5) is 17.1. The van der Waals surface area contributed by atoms with Crippen molar-refractivity contribution in [3.05, 3.63) is 59.5 Å². The SMILES string of the molecule is Cc1cc(Nc2cc(N3CCN(C4CCN(C)CC4)CC3)nc(C=Cc3ccccc3)n2)n[nH]1. The fraction of sp³-hybridized carbons (Fsp3) is 0.423. The van der Waals surface area contributed by atoms with E-state index in [2.05, 4.69) is 55.5 Å². The molecule has 0 amide bonds. The highest BCUT2D eigenvalue weighted by Crippen LogP contribution is 2.23. The average molecular weight is 459 g/mol. The number of piperidine rings is 1. The van der Waals surface area contributed by atoms with E-state index >= 15 is 0 Å². The first-order valence-electron chi connectivity index (χ1n) is 12.2. The number of anilines is 3. The number of nitrogens with one attached hydrogen (secondary N) is 2. The zero-order chi connectivity index (χ0) is 23.3. The number of rotatable bonds is 6. The number of hydrogen-bond acceptors (Lipinski definition) is 7. The number of H-pyrrole nitrogens is 1. The second-order valence-electron chi connectivity index (χ2n) is 9.33. The largest absolute Gasteiger partial charge is 0.354 e. The van der Waals surface area contributed by atoms with Crippen LogP contribution in [0.3, 0.4) is 0 Å². The van der Waals surface area contributed by atoms with Gasteiger partial charge in [-0.05, 0) is 51.5 Å². The topological polar surface area (TPSA) is 76.2 Å². The van der Waals surface area contributed by atoms with Gasteiger partial charge in [-0.15, -0.1) is 0 Å². The summed E-state index contributed by atoms with van der Waals surface area (Å²) < 4.78 is 0. The first kappa shape index (κ1) is 22.6. The van der Waals surface area contributed by atoms with Crippen LogP contribution in [0.15, 0.2) is 42.5 Å². The van der Waals surface area contributed by atoms with Gasteiger partial charge in [0.1, 0.15) is 11.6 Å². The molecule has 2 fully saturated rings. The lowest BCUT2D eigenvalue weighted by Crippen LogP contribution is -2.53. The molecular weight excluding hydrogens is 424 g/mol. The molecule has 3 aromatic rings. The Morgan fingerprint density at radius 2 is 1.68 bits per heavy atom. The highest BCUT2D eigenvalue weighted by Gasteiger charge is 2.27. The van der Waals surface area contributed by atoms with Gasteiger partial charge in [0.2, 0.25) is 0 Å². The monoisotopic (exact) mass is 458 g/mol. The van der Waals surface area contributed by atoms with Crippen LogP contribution in [0, 0.1) is 6.92 Å². The van der Waals surface area contributed by atoms with E-state index in [0.717, 1.165) is 54.9 Å². The quantitative estimate of drug-likeness (QED) is 0.584. The van der Waals surface area contributed by atoms with Gasteiger partial charge in [0.25, 0.3) is 0 Å². The highest BCUT2D eigenvalue weighted by atomic mass is 15.3. The summed E-state index contributed by atoms with van der Waals surface area (Å²) in [7, 11) is 2.23. The van der Waals surface area contributed by atoms with Crippen molar-refractivity contribution in [1.82, 2.24) is 30.0 Å². The van der Waals surface area contributed by atoms with Gasteiger partial charge in [-0.1, -0.05) is 36.4 Å². The molecule has 0 bridgehead atoms. The van der Waals surface area contributed by atoms with Crippen LogP contribution in [-0.2, 0) is 0 Å². The molecule has 8 heteroatoms. The maximum absolute atomic E-state index is 4.90. The Morgan fingerprint density at radius 3 is 2.38 bits per heavy atom. The molecule has 0 atom stereocenters. The van der Waals surface area contributed by atoms with Gasteiger partial charge in [0.05, 0.1) is 0 Å². The number of nitrogens with zero attached hydrogens (tertiary/aromatic N) is 6. The number of aryl methyl sites for hydroxylation is 1. The number of likely N-dealkylation sites (tertiary alicyclic amines) is 1. The summed E-state index contributed by atoms with van der Waals surface area (Å²) in [6.45, 7) is 8.51. The Hall–Kier alpha value is -3.23. The Labute approximate surface area is 201 Å². The van der Waals surface area contributed by atoms with Crippen LogP contribution in [0.5, 0.6) is 0 Å². The van der Waals surface area contributed by atoms with Gasteiger partial charge in [-0.25, -0.2) is 9.97 Å². The summed E-state index contributed by atoms with van der Waals surface area (Å²) in [6.07, 6.45) is 6.58. The van der Waals surface area contributed by atoms with Crippen LogP contribution in [0.1, 0.15) is 29.9 Å². The van der Waals surface area contributed by atoms with E-state index in [1.807, 2.05) is 43.3 Å². The number of aromatic amines is 1. The maximum Gasteiger partial charge on any atom is 0.156 e. The number of benzene rings is 1. The number of piperazine rings is 1.